The van der Waals surface area contributed by atoms with Crippen LogP contribution in [0.2, 0.25) is 0 Å². The number of nitrogens with zero attached hydrogens (tertiary/aromatic N) is 1. The first kappa shape index (κ1) is 23.3. The summed E-state index contributed by atoms with van der Waals surface area (Å²) < 4.78 is 41.7. The predicted molar refractivity (Wildman–Crippen MR) is 124 cm³/mol. The van der Waals surface area contributed by atoms with Gasteiger partial charge < -0.3 is 10.2 Å². The number of thioether (sulfide) groups is 1. The summed E-state index contributed by atoms with van der Waals surface area (Å²) in [6.07, 6.45) is 0.937. The van der Waals surface area contributed by atoms with Gasteiger partial charge in [0.05, 0.1) is 5.03 Å². The fourth-order valence-corrected chi connectivity index (χ4v) is 4.63. The Bertz CT molecular complexity index is 981. The molecule has 2 aromatic carbocycles. The van der Waals surface area contributed by atoms with Gasteiger partial charge in [-0.1, -0.05) is 48.7 Å². The maximum atomic E-state index is 14.1. The van der Waals surface area contributed by atoms with E-state index >= 15 is 0 Å². The van der Waals surface area contributed by atoms with Crippen molar-refractivity contribution in [3.63, 3.8) is 0 Å². The van der Waals surface area contributed by atoms with E-state index in [1.165, 1.54) is 30.0 Å². The van der Waals surface area contributed by atoms with Crippen LogP contribution in [0.1, 0.15) is 35.6 Å². The number of nitrogens with one attached hydrogen (secondary N) is 1. The van der Waals surface area contributed by atoms with E-state index in [1.54, 1.807) is 18.2 Å². The third kappa shape index (κ3) is 5.88. The number of benzene rings is 2. The van der Waals surface area contributed by atoms with Gasteiger partial charge in [0.25, 0.3) is 5.92 Å². The number of halogens is 3. The number of hydrogen-bond donors (Lipinski definition) is 1. The molecule has 1 fully saturated rings. The average Bonchev–Trinajstić information content (AvgIpc) is 3.16. The Morgan fingerprint density at radius 3 is 2.65 bits per heavy atom. The predicted octanol–water partition coefficient (Wildman–Crippen LogP) is 6.70. The van der Waals surface area contributed by atoms with E-state index in [0.717, 1.165) is 47.5 Å². The molecule has 166 valence electrons. The smallest absolute Gasteiger partial charge is 0.271 e. The van der Waals surface area contributed by atoms with Gasteiger partial charge in [0, 0.05) is 48.3 Å². The van der Waals surface area contributed by atoms with Crippen molar-refractivity contribution in [1.82, 2.24) is 10.2 Å². The molecule has 0 spiro atoms. The van der Waals surface area contributed by atoms with E-state index in [2.05, 4.69) is 23.4 Å². The monoisotopic (exact) mass is 446 g/mol. The summed E-state index contributed by atoms with van der Waals surface area (Å²) in [5.41, 5.74) is 3.11. The topological polar surface area (TPSA) is 15.3 Å². The Labute approximate surface area is 187 Å². The molecule has 0 aromatic heterocycles. The molecule has 1 N–H and O–H groups in total. The fraction of sp³-hybridized carbons (Fsp3) is 0.360. The van der Waals surface area contributed by atoms with E-state index in [1.807, 2.05) is 13.8 Å². The van der Waals surface area contributed by atoms with Gasteiger partial charge in [-0.2, -0.15) is 0 Å². The molecule has 0 saturated carbocycles. The van der Waals surface area contributed by atoms with Crippen molar-refractivity contribution in [3.05, 3.63) is 82.7 Å². The maximum absolute atomic E-state index is 14.1. The molecule has 1 aliphatic heterocycles. The van der Waals surface area contributed by atoms with Gasteiger partial charge in [-0.3, -0.25) is 0 Å². The number of likely N-dealkylation sites (tertiary alicyclic amines) is 1. The third-order valence-electron chi connectivity index (χ3n) is 5.60. The summed E-state index contributed by atoms with van der Waals surface area (Å²) in [4.78, 5) is 2.93. The molecule has 1 unspecified atom stereocenters. The van der Waals surface area contributed by atoms with Crippen molar-refractivity contribution in [2.24, 2.45) is 5.92 Å². The number of rotatable bonds is 8. The highest BCUT2D eigenvalue weighted by atomic mass is 32.2. The fourth-order valence-electron chi connectivity index (χ4n) is 3.81. The Kier molecular flexibility index (Phi) is 7.10. The molecule has 1 saturated heterocycles. The van der Waals surface area contributed by atoms with Crippen molar-refractivity contribution in [3.8, 4) is 0 Å². The second-order valence-electron chi connectivity index (χ2n) is 8.30. The minimum absolute atomic E-state index is 0.0138. The van der Waals surface area contributed by atoms with Crippen molar-refractivity contribution >= 4 is 17.5 Å². The zero-order chi connectivity index (χ0) is 22.8. The van der Waals surface area contributed by atoms with E-state index in [0.29, 0.717) is 23.7 Å². The van der Waals surface area contributed by atoms with Crippen molar-refractivity contribution in [1.29, 1.82) is 0 Å². The van der Waals surface area contributed by atoms with Crippen LogP contribution in [0.3, 0.4) is 0 Å². The van der Waals surface area contributed by atoms with Crippen LogP contribution in [0.25, 0.3) is 5.70 Å². The molecule has 0 amide bonds. The summed E-state index contributed by atoms with van der Waals surface area (Å²) in [6, 6.07) is 9.72. The zero-order valence-electron chi connectivity index (χ0n) is 18.3. The van der Waals surface area contributed by atoms with Crippen LogP contribution in [-0.4, -0.2) is 24.5 Å². The first-order valence-electron chi connectivity index (χ1n) is 10.3. The lowest BCUT2D eigenvalue weighted by Gasteiger charge is -2.25. The highest BCUT2D eigenvalue weighted by molar-refractivity contribution is 8.03. The molecule has 6 heteroatoms. The highest BCUT2D eigenvalue weighted by Crippen LogP contribution is 2.36. The van der Waals surface area contributed by atoms with Crippen LogP contribution < -0.4 is 5.32 Å². The third-order valence-corrected chi connectivity index (χ3v) is 6.65. The summed E-state index contributed by atoms with van der Waals surface area (Å²) in [7, 11) is 0. The van der Waals surface area contributed by atoms with E-state index in [9.17, 15) is 13.2 Å². The lowest BCUT2D eigenvalue weighted by atomic mass is 9.97. The summed E-state index contributed by atoms with van der Waals surface area (Å²) in [5.74, 6) is -2.84. The van der Waals surface area contributed by atoms with Gasteiger partial charge in [-0.15, -0.1) is 0 Å². The largest absolute Gasteiger partial charge is 0.380 e. The summed E-state index contributed by atoms with van der Waals surface area (Å²) in [6.45, 7) is 15.2. The molecule has 1 aliphatic rings. The van der Waals surface area contributed by atoms with Gasteiger partial charge in [0.15, 0.2) is 0 Å². The van der Waals surface area contributed by atoms with E-state index in [4.69, 9.17) is 0 Å². The van der Waals surface area contributed by atoms with Crippen LogP contribution in [0.15, 0.2) is 59.5 Å². The van der Waals surface area contributed by atoms with Crippen LogP contribution in [0.4, 0.5) is 13.2 Å². The Balaban J connectivity index is 1.58. The minimum atomic E-state index is -2.92. The first-order valence-corrected chi connectivity index (χ1v) is 11.2. The Hall–Kier alpha value is -2.34. The Morgan fingerprint density at radius 1 is 1.19 bits per heavy atom. The zero-order valence-corrected chi connectivity index (χ0v) is 19.1. The quantitative estimate of drug-likeness (QED) is 0.454. The van der Waals surface area contributed by atoms with Crippen molar-refractivity contribution in [2.75, 3.05) is 19.6 Å². The van der Waals surface area contributed by atoms with Gasteiger partial charge in [0.1, 0.15) is 5.82 Å². The molecular formula is C25H29F3N2S. The lowest BCUT2D eigenvalue weighted by Crippen LogP contribution is -2.25. The van der Waals surface area contributed by atoms with E-state index in [-0.39, 0.29) is 11.4 Å². The van der Waals surface area contributed by atoms with E-state index < -0.39 is 5.92 Å². The van der Waals surface area contributed by atoms with Gasteiger partial charge in [-0.05, 0) is 49.9 Å². The molecule has 2 nitrogen and oxygen atoms in total. The number of hydrogen-bond acceptors (Lipinski definition) is 3. The normalized spacial score (nSPS) is 16.5. The van der Waals surface area contributed by atoms with Gasteiger partial charge in [-0.25, -0.2) is 13.2 Å². The molecule has 0 aliphatic carbocycles. The molecule has 1 heterocycles. The molecule has 0 bridgehead atoms. The van der Waals surface area contributed by atoms with Crippen molar-refractivity contribution < 1.29 is 13.2 Å². The molecule has 0 radical (unpaired) electrons. The summed E-state index contributed by atoms with van der Waals surface area (Å²) >= 11 is 1.42. The number of aryl methyl sites for hydroxylation is 2. The van der Waals surface area contributed by atoms with Gasteiger partial charge >= 0.3 is 0 Å². The Morgan fingerprint density at radius 2 is 1.94 bits per heavy atom. The molecule has 31 heavy (non-hydrogen) atoms. The lowest BCUT2D eigenvalue weighted by molar-refractivity contribution is 0.0170. The van der Waals surface area contributed by atoms with Crippen molar-refractivity contribution in [2.45, 2.75) is 38.0 Å². The average molecular weight is 447 g/mol. The number of alkyl halides is 2. The second kappa shape index (κ2) is 9.43. The standard InChI is InChI=1S/C25H29F3N2S/c1-16-6-9-23(25(5,27)28)22(12-16)18(3)30-11-10-20(15-30)14-29-19(4)31-24-13-21(26)8-7-17(24)2/h6-9,12-13,20,29H,3-4,10-11,14-15H2,1-2,5H3. The first-order chi connectivity index (χ1) is 14.5. The molecule has 3 rings (SSSR count). The highest BCUT2D eigenvalue weighted by Gasteiger charge is 2.31. The van der Waals surface area contributed by atoms with Crippen LogP contribution >= 0.6 is 11.8 Å². The molecular weight excluding hydrogens is 417 g/mol. The van der Waals surface area contributed by atoms with Crippen LogP contribution in [0, 0.1) is 25.6 Å². The van der Waals surface area contributed by atoms with Crippen LogP contribution in [0.5, 0.6) is 0 Å². The maximum Gasteiger partial charge on any atom is 0.271 e. The molecule has 2 aromatic rings. The SMILES string of the molecule is C=C(NCC1CCN(C(=C)c2cc(C)ccc2C(C)(F)F)C1)Sc1cc(F)ccc1C. The van der Waals surface area contributed by atoms with Gasteiger partial charge in [0.2, 0.25) is 0 Å². The minimum Gasteiger partial charge on any atom is -0.380 e. The molecule has 1 atom stereocenters. The van der Waals surface area contributed by atoms with Crippen LogP contribution in [-0.2, 0) is 5.92 Å². The summed E-state index contributed by atoms with van der Waals surface area (Å²) in [5, 5.41) is 4.10. The second-order valence-corrected chi connectivity index (χ2v) is 9.44.